The van der Waals surface area contributed by atoms with Gasteiger partial charge in [0.25, 0.3) is 0 Å². The van der Waals surface area contributed by atoms with E-state index in [1.807, 2.05) is 0 Å². The van der Waals surface area contributed by atoms with Crippen molar-refractivity contribution < 1.29 is 128 Å². The van der Waals surface area contributed by atoms with Crippen LogP contribution < -0.4 is 26.6 Å². The molecule has 0 aromatic carbocycles. The number of rotatable bonds is 21. The number of carbonyl (C=O) groups is 5. The van der Waals surface area contributed by atoms with Gasteiger partial charge in [-0.15, -0.1) is 6.58 Å². The van der Waals surface area contributed by atoms with Crippen molar-refractivity contribution in [3.05, 3.63) is 12.7 Å². The lowest BCUT2D eigenvalue weighted by atomic mass is 9.93. The van der Waals surface area contributed by atoms with Gasteiger partial charge in [-0.3, -0.25) is 24.0 Å². The van der Waals surface area contributed by atoms with Crippen LogP contribution in [0.4, 0.5) is 0 Å². The van der Waals surface area contributed by atoms with Crippen LogP contribution in [0.15, 0.2) is 12.7 Å². The maximum absolute atomic E-state index is 12.7. The van der Waals surface area contributed by atoms with Crippen LogP contribution >= 0.6 is 0 Å². The Bertz CT molecular complexity index is 1880. The first-order chi connectivity index (χ1) is 35.0. The Balaban J connectivity index is 1.40. The molecule has 16 N–H and O–H groups in total. The minimum atomic E-state index is -2.00. The predicted molar refractivity (Wildman–Crippen MR) is 238 cm³/mol. The van der Waals surface area contributed by atoms with E-state index in [2.05, 4.69) is 33.2 Å². The summed E-state index contributed by atoms with van der Waals surface area (Å²) < 4.78 is 59.4. The lowest BCUT2D eigenvalue weighted by Gasteiger charge is -2.51. The smallest absolute Gasteiger partial charge is 0.217 e. The fraction of sp³-hybridized carbons (Fsp3) is 0.837. The number of hydrogen-bond acceptors (Lipinski definition) is 26. The van der Waals surface area contributed by atoms with Gasteiger partial charge in [0, 0.05) is 34.6 Å². The molecule has 5 rings (SSSR count). The largest absolute Gasteiger partial charge is 0.394 e. The molecular weight excluding hydrogens is 1000 g/mol. The molecule has 5 amide bonds. The third kappa shape index (κ3) is 14.4. The SMILES string of the molecule is C=CCO[C@@H]1O[C@H](CO)[C@@H](O[C@@H]2O[C@H](CO)[C@@H](O[C@@H]3O[C@H](CO)[C@@H](O[C@@H]4O[C@H](CO)[C@@H](O[C@@H]5O[C@H](CO)[C@@H](O)[C@H](O)[C@H]5NC(C)=O)[C@H](O)[C@H]4NC(C)=O)[C@H](O)[C@H]3NC(C)=O)[C@H](O)[C@H]2NC(C)=O)[C@H](O)[C@H]1NC(C)=O. The number of aliphatic hydroxyl groups excluding tert-OH is 11. The zero-order valence-corrected chi connectivity index (χ0v) is 41.0. The molecule has 74 heavy (non-hydrogen) atoms. The lowest BCUT2D eigenvalue weighted by Crippen LogP contribution is -2.72. The number of nitrogens with one attached hydrogen (secondary N) is 5. The topological polar surface area (TPSA) is 460 Å². The summed E-state index contributed by atoms with van der Waals surface area (Å²) in [4.78, 5) is 62.2. The fourth-order valence-electron chi connectivity index (χ4n) is 9.35. The average molecular weight is 1070 g/mol. The van der Waals surface area contributed by atoms with Crippen molar-refractivity contribution >= 4 is 29.5 Å². The minimum absolute atomic E-state index is 0.0908. The van der Waals surface area contributed by atoms with Crippen LogP contribution in [0.2, 0.25) is 0 Å². The molecule has 5 fully saturated rings. The second-order valence-electron chi connectivity index (χ2n) is 18.2. The van der Waals surface area contributed by atoms with Gasteiger partial charge < -0.3 is 130 Å². The van der Waals surface area contributed by atoms with E-state index in [0.29, 0.717) is 0 Å². The maximum Gasteiger partial charge on any atom is 0.217 e. The standard InChI is InChI=1S/C43H71N5O26/c1-7-8-65-39-25(45-15(3)55)31(61)35(20(10-50)67-39)72-41-27(47-17(5)57)33(63)37(22(12-52)69-41)74-43-28(48-18(6)58)34(64)38(23(13-53)70-43)73-42-26(46-16(4)56)32(62)36(21(11-51)68-42)71-40-24(44-14(2)54)30(60)29(59)19(9-49)66-40/h7,19-43,49-53,59-64H,1,8-13H2,2-6H3,(H,44,54)(H,45,55)(H,46,56)(H,47,57)(H,48,58)/t19-,20-,21-,22-,23-,24-,25-,26-,27-,28-,29-,30-,31-,32-,33-,34-,35-,36-,37-,38-,39-,40+,41+,42+,43+/m1/s1. The molecule has 5 saturated heterocycles. The van der Waals surface area contributed by atoms with Crippen LogP contribution in [-0.4, -0.2) is 279 Å². The lowest BCUT2D eigenvalue weighted by molar-refractivity contribution is -0.367. The Morgan fingerprint density at radius 1 is 0.392 bits per heavy atom. The Morgan fingerprint density at radius 2 is 0.622 bits per heavy atom. The van der Waals surface area contributed by atoms with Crippen molar-refractivity contribution in [3.63, 3.8) is 0 Å². The summed E-state index contributed by atoms with van der Waals surface area (Å²) in [6, 6.07) is -7.85. The van der Waals surface area contributed by atoms with Crippen molar-refractivity contribution in [2.45, 2.75) is 188 Å². The van der Waals surface area contributed by atoms with Crippen LogP contribution in [-0.2, 0) is 71.3 Å². The molecule has 5 aliphatic heterocycles. The summed E-state index contributed by atoms with van der Waals surface area (Å²) in [5.74, 6) is -3.67. The number of carbonyl (C=O) groups excluding carboxylic acids is 5. The van der Waals surface area contributed by atoms with E-state index >= 15 is 0 Å². The highest BCUT2D eigenvalue weighted by atomic mass is 16.8. The molecule has 424 valence electrons. The molecule has 31 heteroatoms. The number of ether oxygens (including phenoxy) is 10. The van der Waals surface area contributed by atoms with Crippen molar-refractivity contribution in [1.29, 1.82) is 0 Å². The highest BCUT2D eigenvalue weighted by Gasteiger charge is 2.57. The van der Waals surface area contributed by atoms with Gasteiger partial charge in [-0.05, 0) is 0 Å². The van der Waals surface area contributed by atoms with Gasteiger partial charge in [-0.2, -0.15) is 0 Å². The molecule has 0 unspecified atom stereocenters. The van der Waals surface area contributed by atoms with Crippen LogP contribution in [0.1, 0.15) is 34.6 Å². The summed E-state index contributed by atoms with van der Waals surface area (Å²) in [5.41, 5.74) is 0. The van der Waals surface area contributed by atoms with Crippen LogP contribution in [0.5, 0.6) is 0 Å². The molecule has 5 heterocycles. The molecule has 0 spiro atoms. The number of hydrogen-bond donors (Lipinski definition) is 16. The van der Waals surface area contributed by atoms with Crippen LogP contribution in [0, 0.1) is 0 Å². The predicted octanol–water partition coefficient (Wildman–Crippen LogP) is -10.00. The fourth-order valence-corrected chi connectivity index (χ4v) is 9.35. The first-order valence-corrected chi connectivity index (χ1v) is 23.6. The molecule has 0 bridgehead atoms. The zero-order valence-electron chi connectivity index (χ0n) is 41.0. The average Bonchev–Trinajstić information content (AvgIpc) is 3.34. The van der Waals surface area contributed by atoms with Gasteiger partial charge in [0.15, 0.2) is 31.5 Å². The van der Waals surface area contributed by atoms with Gasteiger partial charge in [-0.1, -0.05) is 6.08 Å². The summed E-state index contributed by atoms with van der Waals surface area (Å²) in [6.45, 7) is 4.33. The van der Waals surface area contributed by atoms with E-state index in [-0.39, 0.29) is 6.61 Å². The van der Waals surface area contributed by atoms with Crippen molar-refractivity contribution in [3.8, 4) is 0 Å². The van der Waals surface area contributed by atoms with Crippen molar-refractivity contribution in [1.82, 2.24) is 26.6 Å². The summed E-state index contributed by atoms with van der Waals surface area (Å²) in [6.07, 6.45) is -32.9. The highest BCUT2D eigenvalue weighted by Crippen LogP contribution is 2.36. The van der Waals surface area contributed by atoms with Gasteiger partial charge in [-0.25, -0.2) is 0 Å². The van der Waals surface area contributed by atoms with Gasteiger partial charge >= 0.3 is 0 Å². The second-order valence-corrected chi connectivity index (χ2v) is 18.2. The zero-order chi connectivity index (χ0) is 54.9. The Morgan fingerprint density at radius 3 is 0.865 bits per heavy atom. The molecule has 0 radical (unpaired) electrons. The third-order valence-corrected chi connectivity index (χ3v) is 12.7. The van der Waals surface area contributed by atoms with E-state index in [0.717, 1.165) is 34.6 Å². The molecule has 0 aromatic rings. The highest BCUT2D eigenvalue weighted by molar-refractivity contribution is 5.75. The summed E-state index contributed by atoms with van der Waals surface area (Å²) in [5, 5.41) is 133. The molecular formula is C43H71N5O26. The van der Waals surface area contributed by atoms with Crippen LogP contribution in [0.3, 0.4) is 0 Å². The first-order valence-electron chi connectivity index (χ1n) is 23.6. The number of aliphatic hydroxyl groups is 11. The monoisotopic (exact) mass is 1070 g/mol. The van der Waals surface area contributed by atoms with E-state index in [9.17, 15) is 80.1 Å². The van der Waals surface area contributed by atoms with Crippen molar-refractivity contribution in [2.24, 2.45) is 0 Å². The van der Waals surface area contributed by atoms with Crippen molar-refractivity contribution in [2.75, 3.05) is 39.6 Å². The van der Waals surface area contributed by atoms with E-state index in [1.54, 1.807) is 0 Å². The van der Waals surface area contributed by atoms with Gasteiger partial charge in [0.2, 0.25) is 29.5 Å². The maximum atomic E-state index is 12.7. The molecule has 0 aliphatic carbocycles. The van der Waals surface area contributed by atoms with Gasteiger partial charge in [0.1, 0.15) is 122 Å². The number of amides is 5. The molecule has 0 aromatic heterocycles. The first kappa shape index (κ1) is 61.1. The van der Waals surface area contributed by atoms with E-state index < -0.39 is 216 Å². The van der Waals surface area contributed by atoms with E-state index in [1.165, 1.54) is 6.08 Å². The minimum Gasteiger partial charge on any atom is -0.394 e. The Kier molecular flexibility index (Phi) is 22.7. The van der Waals surface area contributed by atoms with E-state index in [4.69, 9.17) is 47.4 Å². The quantitative estimate of drug-likeness (QED) is 0.0475. The third-order valence-electron chi connectivity index (χ3n) is 12.7. The molecule has 25 atom stereocenters. The normalized spacial score (nSPS) is 42.6. The summed E-state index contributed by atoms with van der Waals surface area (Å²) >= 11 is 0. The Hall–Kier alpha value is -3.75. The second kappa shape index (κ2) is 27.5. The van der Waals surface area contributed by atoms with Gasteiger partial charge in [0.05, 0.1) is 39.6 Å². The van der Waals surface area contributed by atoms with Crippen LogP contribution in [0.25, 0.3) is 0 Å². The molecule has 31 nitrogen and oxygen atoms in total. The summed E-state index contributed by atoms with van der Waals surface area (Å²) in [7, 11) is 0. The molecule has 5 aliphatic rings. The molecule has 0 saturated carbocycles. The Labute approximate surface area is 423 Å².